The van der Waals surface area contributed by atoms with E-state index in [1.54, 1.807) is 12.1 Å². The summed E-state index contributed by atoms with van der Waals surface area (Å²) < 4.78 is 0. The monoisotopic (exact) mass is 376 g/mol. The summed E-state index contributed by atoms with van der Waals surface area (Å²) in [6, 6.07) is 16.0. The van der Waals surface area contributed by atoms with Gasteiger partial charge in [-0.3, -0.25) is 0 Å². The summed E-state index contributed by atoms with van der Waals surface area (Å²) in [4.78, 5) is 11.5. The van der Waals surface area contributed by atoms with Gasteiger partial charge in [0.1, 0.15) is 0 Å². The SMILES string of the molecule is C=C1CC2CC(O)(CC)CCC2(Cc2ccccc2)c2ccc(C(=O)O)cc21. The summed E-state index contributed by atoms with van der Waals surface area (Å²) in [6.07, 6.45) is 4.94. The summed E-state index contributed by atoms with van der Waals surface area (Å²) >= 11 is 0. The van der Waals surface area contributed by atoms with Gasteiger partial charge in [0, 0.05) is 5.41 Å². The second-order valence-electron chi connectivity index (χ2n) is 8.67. The number of benzene rings is 2. The predicted octanol–water partition coefficient (Wildman–Crippen LogP) is 5.22. The van der Waals surface area contributed by atoms with Crippen molar-refractivity contribution in [1.29, 1.82) is 0 Å². The molecular weight excluding hydrogens is 348 g/mol. The third kappa shape index (κ3) is 3.08. The van der Waals surface area contributed by atoms with Gasteiger partial charge in [0.05, 0.1) is 11.2 Å². The molecule has 2 aromatic carbocycles. The van der Waals surface area contributed by atoms with Crippen LogP contribution in [0.5, 0.6) is 0 Å². The van der Waals surface area contributed by atoms with E-state index in [4.69, 9.17) is 0 Å². The predicted molar refractivity (Wildman–Crippen MR) is 111 cm³/mol. The molecule has 2 aliphatic carbocycles. The summed E-state index contributed by atoms with van der Waals surface area (Å²) in [5.74, 6) is -0.596. The molecule has 2 aromatic rings. The van der Waals surface area contributed by atoms with Gasteiger partial charge in [0.25, 0.3) is 0 Å². The maximum atomic E-state index is 11.5. The molecule has 0 radical (unpaired) electrons. The minimum atomic E-state index is -0.904. The van der Waals surface area contributed by atoms with Gasteiger partial charge in [-0.25, -0.2) is 4.79 Å². The van der Waals surface area contributed by atoms with Gasteiger partial charge >= 0.3 is 5.97 Å². The van der Waals surface area contributed by atoms with E-state index in [9.17, 15) is 15.0 Å². The Labute approximate surface area is 166 Å². The van der Waals surface area contributed by atoms with Gasteiger partial charge in [0.15, 0.2) is 0 Å². The first-order valence-electron chi connectivity index (χ1n) is 10.2. The highest BCUT2D eigenvalue weighted by Gasteiger charge is 2.51. The van der Waals surface area contributed by atoms with E-state index in [1.165, 1.54) is 11.1 Å². The van der Waals surface area contributed by atoms with E-state index in [2.05, 4.69) is 37.8 Å². The third-order valence-electron chi connectivity index (χ3n) is 7.14. The Bertz CT molecular complexity index is 917. The Morgan fingerprint density at radius 2 is 1.93 bits per heavy atom. The zero-order chi connectivity index (χ0) is 19.9. The molecule has 3 atom stereocenters. The number of rotatable bonds is 4. The molecule has 1 saturated carbocycles. The number of aromatic carboxylic acids is 1. The quantitative estimate of drug-likeness (QED) is 0.769. The fourth-order valence-electron chi connectivity index (χ4n) is 5.46. The molecule has 3 heteroatoms. The average molecular weight is 376 g/mol. The fourth-order valence-corrected chi connectivity index (χ4v) is 5.46. The Kier molecular flexibility index (Phi) is 4.67. The van der Waals surface area contributed by atoms with E-state index < -0.39 is 11.6 Å². The standard InChI is InChI=1S/C25H28O3/c1-3-24(28)11-12-25(15-18-7-5-4-6-8-18)20(16-24)13-17(2)21-14-19(23(26)27)9-10-22(21)25/h4-10,14,20,28H,2-3,11-13,15-16H2,1H3,(H,26,27). The maximum absolute atomic E-state index is 11.5. The second kappa shape index (κ2) is 6.89. The van der Waals surface area contributed by atoms with Crippen LogP contribution < -0.4 is 0 Å². The maximum Gasteiger partial charge on any atom is 0.335 e. The van der Waals surface area contributed by atoms with E-state index in [0.717, 1.165) is 49.7 Å². The number of carboxylic acid groups (broad SMARTS) is 1. The number of allylic oxidation sites excluding steroid dienone is 1. The molecule has 0 aromatic heterocycles. The Morgan fingerprint density at radius 1 is 1.18 bits per heavy atom. The minimum absolute atomic E-state index is 0.0870. The smallest absolute Gasteiger partial charge is 0.335 e. The van der Waals surface area contributed by atoms with E-state index in [-0.39, 0.29) is 5.41 Å². The number of carbonyl (C=O) groups is 1. The first-order chi connectivity index (χ1) is 13.4. The molecule has 0 amide bonds. The fraction of sp³-hybridized carbons (Fsp3) is 0.400. The van der Waals surface area contributed by atoms with Crippen LogP contribution in [0.15, 0.2) is 55.1 Å². The van der Waals surface area contributed by atoms with Crippen molar-refractivity contribution in [3.05, 3.63) is 77.4 Å². The highest BCUT2D eigenvalue weighted by Crippen LogP contribution is 2.57. The van der Waals surface area contributed by atoms with Gasteiger partial charge in [-0.2, -0.15) is 0 Å². The van der Waals surface area contributed by atoms with Crippen molar-refractivity contribution < 1.29 is 15.0 Å². The molecule has 2 aliphatic rings. The van der Waals surface area contributed by atoms with Crippen molar-refractivity contribution >= 4 is 11.5 Å². The largest absolute Gasteiger partial charge is 0.478 e. The lowest BCUT2D eigenvalue weighted by Crippen LogP contribution is -2.50. The van der Waals surface area contributed by atoms with Crippen molar-refractivity contribution in [2.75, 3.05) is 0 Å². The number of fused-ring (bicyclic) bond motifs is 3. The van der Waals surface area contributed by atoms with Crippen LogP contribution in [-0.2, 0) is 11.8 Å². The lowest BCUT2D eigenvalue weighted by Gasteiger charge is -2.53. The Hall–Kier alpha value is -2.39. The van der Waals surface area contributed by atoms with Crippen LogP contribution in [0.25, 0.3) is 5.57 Å². The summed E-state index contributed by atoms with van der Waals surface area (Å²) in [7, 11) is 0. The highest BCUT2D eigenvalue weighted by atomic mass is 16.4. The molecular formula is C25H28O3. The Balaban J connectivity index is 1.85. The number of aliphatic hydroxyl groups is 1. The normalized spacial score (nSPS) is 29.1. The lowest BCUT2D eigenvalue weighted by atomic mass is 9.51. The molecule has 1 fully saturated rings. The van der Waals surface area contributed by atoms with Crippen LogP contribution in [0.2, 0.25) is 0 Å². The van der Waals surface area contributed by atoms with Gasteiger partial charge in [-0.1, -0.05) is 49.9 Å². The van der Waals surface area contributed by atoms with E-state index in [1.807, 2.05) is 12.1 Å². The first-order valence-corrected chi connectivity index (χ1v) is 10.2. The first kappa shape index (κ1) is 18.9. The Morgan fingerprint density at radius 3 is 2.61 bits per heavy atom. The van der Waals surface area contributed by atoms with E-state index >= 15 is 0 Å². The zero-order valence-corrected chi connectivity index (χ0v) is 16.4. The van der Waals surface area contributed by atoms with Crippen molar-refractivity contribution in [2.24, 2.45) is 5.92 Å². The molecule has 4 rings (SSSR count). The summed E-state index contributed by atoms with van der Waals surface area (Å²) in [6.45, 7) is 6.35. The molecule has 0 aliphatic heterocycles. The third-order valence-corrected chi connectivity index (χ3v) is 7.14. The van der Waals surface area contributed by atoms with Crippen molar-refractivity contribution in [2.45, 2.75) is 56.5 Å². The second-order valence-corrected chi connectivity index (χ2v) is 8.67. The molecule has 3 unspecified atom stereocenters. The molecule has 2 N–H and O–H groups in total. The van der Waals surface area contributed by atoms with E-state index in [0.29, 0.717) is 11.5 Å². The van der Waals surface area contributed by atoms with Gasteiger partial charge in [-0.15, -0.1) is 0 Å². The highest BCUT2D eigenvalue weighted by molar-refractivity contribution is 5.89. The van der Waals surface area contributed by atoms with Crippen molar-refractivity contribution in [1.82, 2.24) is 0 Å². The van der Waals surface area contributed by atoms with Crippen LogP contribution in [0.1, 0.15) is 66.1 Å². The van der Waals surface area contributed by atoms with Crippen LogP contribution in [0.3, 0.4) is 0 Å². The molecule has 0 bridgehead atoms. The van der Waals surface area contributed by atoms with Gasteiger partial charge in [0.2, 0.25) is 0 Å². The van der Waals surface area contributed by atoms with Gasteiger partial charge in [-0.05, 0) is 78.8 Å². The molecule has 3 nitrogen and oxygen atoms in total. The lowest BCUT2D eigenvalue weighted by molar-refractivity contribution is -0.0485. The number of carboxylic acids is 1. The average Bonchev–Trinajstić information content (AvgIpc) is 2.70. The number of hydrogen-bond donors (Lipinski definition) is 2. The molecule has 146 valence electrons. The van der Waals surface area contributed by atoms with Crippen molar-refractivity contribution in [3.8, 4) is 0 Å². The molecule has 0 spiro atoms. The van der Waals surface area contributed by atoms with Gasteiger partial charge < -0.3 is 10.2 Å². The van der Waals surface area contributed by atoms with Crippen LogP contribution in [0, 0.1) is 5.92 Å². The zero-order valence-electron chi connectivity index (χ0n) is 16.4. The van der Waals surface area contributed by atoms with Crippen LogP contribution in [0.4, 0.5) is 0 Å². The topological polar surface area (TPSA) is 57.5 Å². The number of hydrogen-bond acceptors (Lipinski definition) is 2. The van der Waals surface area contributed by atoms with Crippen molar-refractivity contribution in [3.63, 3.8) is 0 Å². The molecule has 0 saturated heterocycles. The summed E-state index contributed by atoms with van der Waals surface area (Å²) in [5.41, 5.74) is 4.10. The molecule has 28 heavy (non-hydrogen) atoms. The van der Waals surface area contributed by atoms with Crippen LogP contribution >= 0.6 is 0 Å². The minimum Gasteiger partial charge on any atom is -0.478 e. The molecule has 0 heterocycles. The van der Waals surface area contributed by atoms with Crippen LogP contribution in [-0.4, -0.2) is 21.8 Å². The summed E-state index contributed by atoms with van der Waals surface area (Å²) in [5, 5.41) is 20.5.